The number of aliphatic imine (C=N–C) groups is 1. The van der Waals surface area contributed by atoms with Crippen LogP contribution in [-0.2, 0) is 22.6 Å². The van der Waals surface area contributed by atoms with Gasteiger partial charge in [-0.25, -0.2) is 9.37 Å². The third-order valence-electron chi connectivity index (χ3n) is 6.28. The van der Waals surface area contributed by atoms with Gasteiger partial charge in [0, 0.05) is 24.6 Å². The van der Waals surface area contributed by atoms with Crippen LogP contribution in [-0.4, -0.2) is 46.6 Å². The van der Waals surface area contributed by atoms with E-state index in [9.17, 15) is 14.0 Å². The van der Waals surface area contributed by atoms with Crippen LogP contribution >= 0.6 is 0 Å². The summed E-state index contributed by atoms with van der Waals surface area (Å²) in [5.41, 5.74) is 1.50. The Hall–Kier alpha value is -4.40. The van der Waals surface area contributed by atoms with Crippen LogP contribution in [0.4, 0.5) is 16.0 Å². The lowest BCUT2D eigenvalue weighted by Gasteiger charge is -2.24. The van der Waals surface area contributed by atoms with Crippen molar-refractivity contribution in [3.8, 4) is 5.88 Å². The Bertz CT molecular complexity index is 1380. The molecule has 3 heterocycles. The van der Waals surface area contributed by atoms with Gasteiger partial charge in [-0.1, -0.05) is 30.3 Å². The minimum Gasteiger partial charge on any atom is -0.472 e. The largest absolute Gasteiger partial charge is 0.472 e. The number of halogens is 1. The maximum Gasteiger partial charge on any atom is 0.309 e. The van der Waals surface area contributed by atoms with E-state index in [2.05, 4.69) is 21.0 Å². The Labute approximate surface area is 213 Å². The highest BCUT2D eigenvalue weighted by Gasteiger charge is 2.42. The summed E-state index contributed by atoms with van der Waals surface area (Å²) >= 11 is 0. The number of para-hydroxylation sites is 1. The maximum absolute atomic E-state index is 13.8. The van der Waals surface area contributed by atoms with E-state index in [1.807, 2.05) is 23.1 Å². The number of hydrogen-bond donors (Lipinski definition) is 0. The van der Waals surface area contributed by atoms with Crippen molar-refractivity contribution in [1.82, 2.24) is 9.97 Å². The number of benzene rings is 2. The quantitative estimate of drug-likeness (QED) is 0.317. The second-order valence-electron chi connectivity index (χ2n) is 8.71. The SMILES string of the molecule is CCOC(=O)CC1(C(=O)c2cnc(N3CCc4ccccc43)nc2OCc2ccc(F)cc2)C=CC=N1. The van der Waals surface area contributed by atoms with Crippen LogP contribution in [0.25, 0.3) is 0 Å². The summed E-state index contributed by atoms with van der Waals surface area (Å²) in [4.78, 5) is 41.6. The number of anilines is 2. The molecule has 2 aromatic carbocycles. The van der Waals surface area contributed by atoms with E-state index in [1.165, 1.54) is 30.1 Å². The molecule has 0 bridgehead atoms. The van der Waals surface area contributed by atoms with Gasteiger partial charge in [0.15, 0.2) is 5.54 Å². The molecule has 8 nitrogen and oxygen atoms in total. The van der Waals surface area contributed by atoms with Crippen LogP contribution < -0.4 is 9.64 Å². The summed E-state index contributed by atoms with van der Waals surface area (Å²) in [6, 6.07) is 13.9. The Kier molecular flexibility index (Phi) is 6.76. The summed E-state index contributed by atoms with van der Waals surface area (Å²) in [6.07, 6.45) is 6.67. The summed E-state index contributed by atoms with van der Waals surface area (Å²) in [5.74, 6) is -0.932. The number of carbonyl (C=O) groups is 2. The van der Waals surface area contributed by atoms with Crippen LogP contribution in [0.5, 0.6) is 5.88 Å². The number of carbonyl (C=O) groups excluding carboxylic acids is 2. The van der Waals surface area contributed by atoms with Gasteiger partial charge >= 0.3 is 5.97 Å². The van der Waals surface area contributed by atoms with Gasteiger partial charge in [-0.15, -0.1) is 0 Å². The van der Waals surface area contributed by atoms with E-state index in [-0.39, 0.29) is 36.9 Å². The monoisotopic (exact) mass is 500 g/mol. The number of hydrogen-bond acceptors (Lipinski definition) is 8. The highest BCUT2D eigenvalue weighted by Crippen LogP contribution is 2.35. The molecule has 188 valence electrons. The Morgan fingerprint density at radius 1 is 1.14 bits per heavy atom. The van der Waals surface area contributed by atoms with Crippen molar-refractivity contribution < 1.29 is 23.5 Å². The number of ketones is 1. The van der Waals surface area contributed by atoms with Crippen LogP contribution in [0, 0.1) is 5.82 Å². The van der Waals surface area contributed by atoms with E-state index in [0.717, 1.165) is 12.1 Å². The smallest absolute Gasteiger partial charge is 0.309 e. The minimum atomic E-state index is -1.47. The highest BCUT2D eigenvalue weighted by molar-refractivity contribution is 6.10. The second kappa shape index (κ2) is 10.3. The Balaban J connectivity index is 1.50. The molecule has 0 saturated heterocycles. The van der Waals surface area contributed by atoms with E-state index in [0.29, 0.717) is 18.1 Å². The minimum absolute atomic E-state index is 0.0532. The molecule has 0 amide bonds. The van der Waals surface area contributed by atoms with Crippen molar-refractivity contribution >= 4 is 29.6 Å². The van der Waals surface area contributed by atoms with Gasteiger partial charge in [-0.2, -0.15) is 4.98 Å². The lowest BCUT2D eigenvalue weighted by Crippen LogP contribution is -2.37. The standard InChI is InChI=1S/C28H25FN4O4/c1-2-36-24(34)16-28(13-5-14-31-28)25(35)22-17-30-27(33-15-12-20-6-3-4-7-23(20)33)32-26(22)37-18-19-8-10-21(29)11-9-19/h3-11,13-14,17H,2,12,15-16,18H2,1H3. The van der Waals surface area contributed by atoms with Gasteiger partial charge in [0.2, 0.25) is 17.6 Å². The normalized spacial score (nSPS) is 17.6. The number of fused-ring (bicyclic) bond motifs is 1. The van der Waals surface area contributed by atoms with Crippen LogP contribution in [0.15, 0.2) is 71.9 Å². The molecule has 0 spiro atoms. The third kappa shape index (κ3) is 4.97. The maximum atomic E-state index is 13.8. The van der Waals surface area contributed by atoms with E-state index in [1.54, 1.807) is 31.2 Å². The number of nitrogens with zero attached hydrogens (tertiary/aromatic N) is 4. The van der Waals surface area contributed by atoms with Crippen LogP contribution in [0.3, 0.4) is 0 Å². The van der Waals surface area contributed by atoms with Crippen molar-refractivity contribution in [2.75, 3.05) is 18.1 Å². The summed E-state index contributed by atoms with van der Waals surface area (Å²) in [7, 11) is 0. The molecule has 2 aliphatic rings. The first-order valence-electron chi connectivity index (χ1n) is 12.0. The van der Waals surface area contributed by atoms with E-state index < -0.39 is 17.3 Å². The molecule has 0 radical (unpaired) electrons. The molecule has 2 aliphatic heterocycles. The fraction of sp³-hybridized carbons (Fsp3) is 0.250. The summed E-state index contributed by atoms with van der Waals surface area (Å²) in [5, 5.41) is 0. The van der Waals surface area contributed by atoms with Crippen LogP contribution in [0.1, 0.15) is 34.8 Å². The number of ether oxygens (including phenoxy) is 2. The molecular weight excluding hydrogens is 475 g/mol. The second-order valence-corrected chi connectivity index (χ2v) is 8.71. The zero-order valence-electron chi connectivity index (χ0n) is 20.3. The van der Waals surface area contributed by atoms with Crippen molar-refractivity contribution in [2.24, 2.45) is 4.99 Å². The van der Waals surface area contributed by atoms with Gasteiger partial charge in [-0.05, 0) is 54.8 Å². The zero-order valence-corrected chi connectivity index (χ0v) is 20.3. The van der Waals surface area contributed by atoms with Gasteiger partial charge < -0.3 is 14.4 Å². The summed E-state index contributed by atoms with van der Waals surface area (Å²) in [6.45, 7) is 2.63. The van der Waals surface area contributed by atoms with Crippen molar-refractivity contribution in [3.63, 3.8) is 0 Å². The molecule has 5 rings (SSSR count). The predicted octanol–water partition coefficient (Wildman–Crippen LogP) is 4.40. The third-order valence-corrected chi connectivity index (χ3v) is 6.28. The number of Topliss-reactive ketones (excluding diaryl/α,β-unsaturated/α-hetero) is 1. The molecule has 1 aromatic heterocycles. The first kappa shape index (κ1) is 24.3. The zero-order chi connectivity index (χ0) is 25.8. The number of esters is 1. The van der Waals surface area contributed by atoms with Gasteiger partial charge in [0.25, 0.3) is 0 Å². The molecule has 0 aliphatic carbocycles. The topological polar surface area (TPSA) is 94.0 Å². The first-order chi connectivity index (χ1) is 18.0. The molecule has 0 saturated carbocycles. The number of aromatic nitrogens is 2. The lowest BCUT2D eigenvalue weighted by atomic mass is 9.88. The molecule has 3 aromatic rings. The fourth-order valence-electron chi connectivity index (χ4n) is 4.44. The summed E-state index contributed by atoms with van der Waals surface area (Å²) < 4.78 is 24.5. The molecule has 1 atom stereocenters. The van der Waals surface area contributed by atoms with Gasteiger partial charge in [0.05, 0.1) is 13.0 Å². The van der Waals surface area contributed by atoms with E-state index >= 15 is 0 Å². The first-order valence-corrected chi connectivity index (χ1v) is 12.0. The number of rotatable bonds is 9. The highest BCUT2D eigenvalue weighted by atomic mass is 19.1. The van der Waals surface area contributed by atoms with Crippen LogP contribution in [0.2, 0.25) is 0 Å². The van der Waals surface area contributed by atoms with Crippen molar-refractivity contribution in [2.45, 2.75) is 31.9 Å². The lowest BCUT2D eigenvalue weighted by molar-refractivity contribution is -0.143. The fourth-order valence-corrected chi connectivity index (χ4v) is 4.44. The Morgan fingerprint density at radius 2 is 1.95 bits per heavy atom. The average Bonchev–Trinajstić information content (AvgIpc) is 3.56. The number of allylic oxidation sites excluding steroid dienone is 1. The molecule has 1 unspecified atom stereocenters. The molecule has 0 fully saturated rings. The predicted molar refractivity (Wildman–Crippen MR) is 136 cm³/mol. The molecule has 0 N–H and O–H groups in total. The van der Waals surface area contributed by atoms with Crippen molar-refractivity contribution in [3.05, 3.63) is 89.4 Å². The van der Waals surface area contributed by atoms with Gasteiger partial charge in [0.1, 0.15) is 18.0 Å². The van der Waals surface area contributed by atoms with Gasteiger partial charge in [-0.3, -0.25) is 14.6 Å². The molecule has 37 heavy (non-hydrogen) atoms. The molecule has 9 heteroatoms. The average molecular weight is 501 g/mol. The molecular formula is C28H25FN4O4. The van der Waals surface area contributed by atoms with E-state index in [4.69, 9.17) is 9.47 Å². The van der Waals surface area contributed by atoms with Crippen molar-refractivity contribution in [1.29, 1.82) is 0 Å². The Morgan fingerprint density at radius 3 is 2.70 bits per heavy atom.